The Labute approximate surface area is 75.5 Å². The average molecular weight is 204 g/mol. The smallest absolute Gasteiger partial charge is 0.392 e. The van der Waals surface area contributed by atoms with Crippen molar-refractivity contribution in [2.45, 2.75) is 6.61 Å². The molecule has 0 aliphatic rings. The molecule has 13 heavy (non-hydrogen) atoms. The Morgan fingerprint density at radius 1 is 1.23 bits per heavy atom. The van der Waals surface area contributed by atoms with Crippen LogP contribution in [0.2, 0.25) is 0 Å². The van der Waals surface area contributed by atoms with E-state index < -0.39 is 10.4 Å². The second kappa shape index (κ2) is 3.73. The third kappa shape index (κ3) is 3.41. The lowest BCUT2D eigenvalue weighted by Gasteiger charge is -2.01. The molecule has 0 spiro atoms. The second-order valence-corrected chi connectivity index (χ2v) is 3.34. The first-order valence-corrected chi connectivity index (χ1v) is 4.74. The van der Waals surface area contributed by atoms with Crippen molar-refractivity contribution in [3.63, 3.8) is 0 Å². The number of benzene rings is 1. The quantitative estimate of drug-likeness (QED) is 0.694. The molecule has 0 fully saturated rings. The molecule has 0 aliphatic heterocycles. The van der Waals surface area contributed by atoms with E-state index in [0.29, 0.717) is 5.56 Å². The zero-order chi connectivity index (χ0) is 9.90. The van der Waals surface area contributed by atoms with Gasteiger partial charge in [0.1, 0.15) is 5.75 Å². The number of hydrogen-bond donors (Lipinski definition) is 2. The highest BCUT2D eigenvalue weighted by Crippen LogP contribution is 2.13. The Morgan fingerprint density at radius 2 is 1.77 bits per heavy atom. The van der Waals surface area contributed by atoms with Crippen molar-refractivity contribution >= 4 is 10.4 Å². The van der Waals surface area contributed by atoms with E-state index in [2.05, 4.69) is 4.18 Å². The molecule has 0 aromatic heterocycles. The molecule has 0 atom stereocenters. The van der Waals surface area contributed by atoms with Crippen LogP contribution in [0.4, 0.5) is 0 Å². The van der Waals surface area contributed by atoms with E-state index in [1.807, 2.05) is 0 Å². The highest BCUT2D eigenvalue weighted by atomic mass is 32.3. The van der Waals surface area contributed by atoms with Crippen LogP contribution in [0.5, 0.6) is 5.75 Å². The summed E-state index contributed by atoms with van der Waals surface area (Å²) in [6.45, 7) is -0.133. The Bertz CT molecular complexity index is 366. The van der Waals surface area contributed by atoms with Gasteiger partial charge in [-0.25, -0.2) is 0 Å². The molecule has 1 rings (SSSR count). The number of aliphatic hydroxyl groups excluding tert-OH is 1. The second-order valence-electron chi connectivity index (χ2n) is 2.31. The van der Waals surface area contributed by atoms with Gasteiger partial charge in [0, 0.05) is 0 Å². The SMILES string of the molecule is O=S(=O)(O)Oc1ccc(CO)cc1. The van der Waals surface area contributed by atoms with Gasteiger partial charge in [0.25, 0.3) is 0 Å². The Morgan fingerprint density at radius 3 is 2.15 bits per heavy atom. The first-order valence-electron chi connectivity index (χ1n) is 3.38. The molecule has 1 aromatic carbocycles. The average Bonchev–Trinajstić information content (AvgIpc) is 2.03. The molecule has 0 amide bonds. The van der Waals surface area contributed by atoms with Crippen molar-refractivity contribution in [3.8, 4) is 5.75 Å². The molecule has 6 heteroatoms. The van der Waals surface area contributed by atoms with Crippen molar-refractivity contribution in [2.75, 3.05) is 0 Å². The van der Waals surface area contributed by atoms with E-state index >= 15 is 0 Å². The van der Waals surface area contributed by atoms with Crippen molar-refractivity contribution in [1.29, 1.82) is 0 Å². The van der Waals surface area contributed by atoms with Crippen molar-refractivity contribution in [1.82, 2.24) is 0 Å². The van der Waals surface area contributed by atoms with E-state index in [1.54, 1.807) is 0 Å². The van der Waals surface area contributed by atoms with Crippen LogP contribution in [0.1, 0.15) is 5.56 Å². The maximum atomic E-state index is 10.2. The van der Waals surface area contributed by atoms with Gasteiger partial charge in [-0.15, -0.1) is 0 Å². The summed E-state index contributed by atoms with van der Waals surface area (Å²) < 4.78 is 32.9. The maximum absolute atomic E-state index is 10.2. The number of rotatable bonds is 3. The summed E-state index contributed by atoms with van der Waals surface area (Å²) in [5.41, 5.74) is 0.627. The molecule has 0 saturated carbocycles. The zero-order valence-electron chi connectivity index (χ0n) is 6.54. The molecule has 1 aromatic rings. The van der Waals surface area contributed by atoms with Crippen molar-refractivity contribution < 1.29 is 22.3 Å². The first kappa shape index (κ1) is 9.97. The van der Waals surface area contributed by atoms with Gasteiger partial charge in [-0.1, -0.05) is 12.1 Å². The van der Waals surface area contributed by atoms with Gasteiger partial charge >= 0.3 is 10.4 Å². The van der Waals surface area contributed by atoms with Gasteiger partial charge in [-0.3, -0.25) is 4.55 Å². The monoisotopic (exact) mass is 204 g/mol. The molecular formula is C7H8O5S. The molecule has 72 valence electrons. The van der Waals surface area contributed by atoms with E-state index in [0.717, 1.165) is 0 Å². The van der Waals surface area contributed by atoms with Crippen LogP contribution < -0.4 is 4.18 Å². The van der Waals surface area contributed by atoms with E-state index in [-0.39, 0.29) is 12.4 Å². The summed E-state index contributed by atoms with van der Waals surface area (Å²) in [5.74, 6) is -0.000278. The summed E-state index contributed by atoms with van der Waals surface area (Å²) >= 11 is 0. The molecule has 0 heterocycles. The minimum Gasteiger partial charge on any atom is -0.392 e. The van der Waals surface area contributed by atoms with Crippen LogP contribution >= 0.6 is 0 Å². The summed E-state index contributed by atoms with van der Waals surface area (Å²) in [5, 5.41) is 8.65. The van der Waals surface area contributed by atoms with Crippen LogP contribution in [-0.2, 0) is 17.0 Å². The lowest BCUT2D eigenvalue weighted by Crippen LogP contribution is -2.06. The minimum absolute atomic E-state index is 0.000278. The maximum Gasteiger partial charge on any atom is 0.446 e. The molecule has 0 aliphatic carbocycles. The van der Waals surface area contributed by atoms with Gasteiger partial charge < -0.3 is 9.29 Å². The van der Waals surface area contributed by atoms with Gasteiger partial charge in [-0.2, -0.15) is 8.42 Å². The molecule has 2 N–H and O–H groups in total. The van der Waals surface area contributed by atoms with Gasteiger partial charge in [0.15, 0.2) is 0 Å². The standard InChI is InChI=1S/C7H8O5S/c8-5-6-1-3-7(4-2-6)12-13(9,10)11/h1-4,8H,5H2,(H,9,10,11). The highest BCUT2D eigenvalue weighted by molar-refractivity contribution is 7.81. The molecule has 5 nitrogen and oxygen atoms in total. The largest absolute Gasteiger partial charge is 0.446 e. The van der Waals surface area contributed by atoms with Crippen LogP contribution in [-0.4, -0.2) is 18.1 Å². The third-order valence-electron chi connectivity index (χ3n) is 1.31. The lowest BCUT2D eigenvalue weighted by molar-refractivity contribution is 0.282. The highest BCUT2D eigenvalue weighted by Gasteiger charge is 2.05. The van der Waals surface area contributed by atoms with Crippen molar-refractivity contribution in [2.24, 2.45) is 0 Å². The summed E-state index contributed by atoms with van der Waals surface area (Å²) in [4.78, 5) is 0. The Balaban J connectivity index is 2.81. The van der Waals surface area contributed by atoms with Gasteiger partial charge in [0.2, 0.25) is 0 Å². The topological polar surface area (TPSA) is 83.8 Å². The fourth-order valence-corrected chi connectivity index (χ4v) is 1.13. The lowest BCUT2D eigenvalue weighted by atomic mass is 10.2. The van der Waals surface area contributed by atoms with Crippen LogP contribution in [0.25, 0.3) is 0 Å². The van der Waals surface area contributed by atoms with Gasteiger partial charge in [-0.05, 0) is 17.7 Å². The summed E-state index contributed by atoms with van der Waals surface area (Å²) in [6.07, 6.45) is 0. The van der Waals surface area contributed by atoms with E-state index in [4.69, 9.17) is 9.66 Å². The van der Waals surface area contributed by atoms with Crippen LogP contribution in [0.15, 0.2) is 24.3 Å². The zero-order valence-corrected chi connectivity index (χ0v) is 7.36. The van der Waals surface area contributed by atoms with Crippen LogP contribution in [0, 0.1) is 0 Å². The molecular weight excluding hydrogens is 196 g/mol. The minimum atomic E-state index is -4.46. The normalized spacial score (nSPS) is 11.2. The fourth-order valence-electron chi connectivity index (χ4n) is 0.772. The summed E-state index contributed by atoms with van der Waals surface area (Å²) in [7, 11) is -4.46. The third-order valence-corrected chi connectivity index (χ3v) is 1.71. The summed E-state index contributed by atoms with van der Waals surface area (Å²) in [6, 6.07) is 5.64. The first-order chi connectivity index (χ1) is 6.01. The molecule has 0 saturated heterocycles. The predicted molar refractivity (Wildman–Crippen MR) is 44.5 cm³/mol. The van der Waals surface area contributed by atoms with E-state index in [1.165, 1.54) is 24.3 Å². The Hall–Kier alpha value is -1.11. The molecule has 0 unspecified atom stereocenters. The van der Waals surface area contributed by atoms with E-state index in [9.17, 15) is 8.42 Å². The number of aliphatic hydroxyl groups is 1. The van der Waals surface area contributed by atoms with Gasteiger partial charge in [0.05, 0.1) is 6.61 Å². The molecule has 0 bridgehead atoms. The molecule has 0 radical (unpaired) electrons. The predicted octanol–water partition coefficient (Wildman–Crippen LogP) is 0.361. The van der Waals surface area contributed by atoms with Crippen molar-refractivity contribution in [3.05, 3.63) is 29.8 Å². The van der Waals surface area contributed by atoms with Crippen LogP contribution in [0.3, 0.4) is 0 Å². The fraction of sp³-hybridized carbons (Fsp3) is 0.143. The number of hydrogen-bond acceptors (Lipinski definition) is 4. The Kier molecular flexibility index (Phi) is 2.86.